The van der Waals surface area contributed by atoms with Gasteiger partial charge in [0.15, 0.2) is 0 Å². The minimum Gasteiger partial charge on any atom is -0.384 e. The summed E-state index contributed by atoms with van der Waals surface area (Å²) in [5.41, 5.74) is 2.66. The Morgan fingerprint density at radius 1 is 1.35 bits per heavy atom. The third kappa shape index (κ3) is 2.09. The molecule has 1 amide bonds. The second-order valence-corrected chi connectivity index (χ2v) is 6.24. The maximum Gasteiger partial charge on any atom is 0.232 e. The van der Waals surface area contributed by atoms with E-state index in [2.05, 4.69) is 36.2 Å². The van der Waals surface area contributed by atoms with Crippen LogP contribution in [0.15, 0.2) is 24.3 Å². The van der Waals surface area contributed by atoms with E-state index in [1.54, 1.807) is 0 Å². The third-order valence-electron chi connectivity index (χ3n) is 5.38. The van der Waals surface area contributed by atoms with Crippen molar-refractivity contribution in [1.29, 1.82) is 0 Å². The number of fused-ring (bicyclic) bond motifs is 1. The van der Waals surface area contributed by atoms with E-state index in [1.807, 2.05) is 12.1 Å². The number of hydrogen-bond donors (Lipinski definition) is 1. The largest absolute Gasteiger partial charge is 0.384 e. The van der Waals surface area contributed by atoms with Crippen LogP contribution in [0.25, 0.3) is 0 Å². The van der Waals surface area contributed by atoms with Gasteiger partial charge in [-0.1, -0.05) is 32.0 Å². The maximum atomic E-state index is 12.8. The predicted octanol–water partition coefficient (Wildman–Crippen LogP) is 3.23. The van der Waals surface area contributed by atoms with Gasteiger partial charge in [-0.2, -0.15) is 0 Å². The zero-order chi connectivity index (χ0) is 14.2. The number of rotatable bonds is 3. The lowest BCUT2D eigenvalue weighted by molar-refractivity contribution is -0.131. The van der Waals surface area contributed by atoms with E-state index in [1.165, 1.54) is 18.4 Å². The molecule has 2 heterocycles. The van der Waals surface area contributed by atoms with Crippen molar-refractivity contribution in [2.24, 2.45) is 5.41 Å². The fourth-order valence-electron chi connectivity index (χ4n) is 3.67. The number of hydrogen-bond acceptors (Lipinski definition) is 2. The van der Waals surface area contributed by atoms with E-state index in [9.17, 15) is 4.79 Å². The fraction of sp³-hybridized carbons (Fsp3) is 0.588. The van der Waals surface area contributed by atoms with Crippen LogP contribution in [0.4, 0.5) is 5.69 Å². The Balaban J connectivity index is 1.76. The molecule has 108 valence electrons. The first-order valence-electron chi connectivity index (χ1n) is 7.81. The van der Waals surface area contributed by atoms with E-state index < -0.39 is 0 Å². The zero-order valence-electron chi connectivity index (χ0n) is 12.5. The van der Waals surface area contributed by atoms with Crippen molar-refractivity contribution in [3.05, 3.63) is 29.8 Å². The number of para-hydroxylation sites is 1. The second-order valence-electron chi connectivity index (χ2n) is 6.24. The summed E-state index contributed by atoms with van der Waals surface area (Å²) in [4.78, 5) is 14.9. The summed E-state index contributed by atoms with van der Waals surface area (Å²) in [6.45, 7) is 7.13. The molecule has 3 rings (SSSR count). The molecule has 0 saturated carbocycles. The molecule has 3 nitrogen and oxygen atoms in total. The lowest BCUT2D eigenvalue weighted by Gasteiger charge is -2.27. The van der Waals surface area contributed by atoms with Crippen LogP contribution in [-0.4, -0.2) is 30.4 Å². The van der Waals surface area contributed by atoms with Crippen molar-refractivity contribution in [2.75, 3.05) is 25.0 Å². The molecule has 3 heteroatoms. The Morgan fingerprint density at radius 3 is 2.80 bits per heavy atom. The van der Waals surface area contributed by atoms with Gasteiger partial charge in [-0.05, 0) is 36.3 Å². The lowest BCUT2D eigenvalue weighted by Crippen LogP contribution is -2.36. The van der Waals surface area contributed by atoms with Crippen LogP contribution in [0.1, 0.15) is 44.6 Å². The predicted molar refractivity (Wildman–Crippen MR) is 81.9 cm³/mol. The molecule has 1 aromatic carbocycles. The average molecular weight is 272 g/mol. The van der Waals surface area contributed by atoms with Crippen molar-refractivity contribution in [3.63, 3.8) is 0 Å². The Kier molecular flexibility index (Phi) is 3.45. The van der Waals surface area contributed by atoms with Crippen LogP contribution in [0.5, 0.6) is 0 Å². The fourth-order valence-corrected chi connectivity index (χ4v) is 3.67. The van der Waals surface area contributed by atoms with Crippen LogP contribution in [-0.2, 0) is 4.79 Å². The minimum absolute atomic E-state index is 0.00992. The molecule has 1 fully saturated rings. The highest BCUT2D eigenvalue weighted by molar-refractivity contribution is 5.88. The summed E-state index contributed by atoms with van der Waals surface area (Å²) in [5.74, 6) is 0.321. The highest BCUT2D eigenvalue weighted by atomic mass is 16.2. The molecule has 1 N–H and O–H groups in total. The SMILES string of the molecule is CCC1(CC)CCN(C(=O)C2CNc3ccccc32)C1. The average Bonchev–Trinajstić information content (AvgIpc) is 3.11. The summed E-state index contributed by atoms with van der Waals surface area (Å²) in [5, 5.41) is 3.36. The molecule has 1 atom stereocenters. The van der Waals surface area contributed by atoms with Gasteiger partial charge < -0.3 is 10.2 Å². The molecule has 1 unspecified atom stereocenters. The van der Waals surface area contributed by atoms with Crippen molar-refractivity contribution >= 4 is 11.6 Å². The molecule has 20 heavy (non-hydrogen) atoms. The summed E-state index contributed by atoms with van der Waals surface area (Å²) < 4.78 is 0. The van der Waals surface area contributed by atoms with E-state index >= 15 is 0 Å². The molecule has 1 saturated heterocycles. The lowest BCUT2D eigenvalue weighted by atomic mass is 9.82. The number of benzene rings is 1. The van der Waals surface area contributed by atoms with Crippen LogP contribution in [0.2, 0.25) is 0 Å². The van der Waals surface area contributed by atoms with Gasteiger partial charge in [0.2, 0.25) is 5.91 Å². The van der Waals surface area contributed by atoms with Crippen molar-refractivity contribution < 1.29 is 4.79 Å². The van der Waals surface area contributed by atoms with E-state index in [4.69, 9.17) is 0 Å². The monoisotopic (exact) mass is 272 g/mol. The van der Waals surface area contributed by atoms with Gasteiger partial charge in [-0.25, -0.2) is 0 Å². The Morgan fingerprint density at radius 2 is 2.10 bits per heavy atom. The molecule has 0 aromatic heterocycles. The Bertz CT molecular complexity index is 507. The van der Waals surface area contributed by atoms with Gasteiger partial charge >= 0.3 is 0 Å². The first-order valence-corrected chi connectivity index (χ1v) is 7.81. The normalized spacial score (nSPS) is 23.5. The highest BCUT2D eigenvalue weighted by Gasteiger charge is 2.40. The van der Waals surface area contributed by atoms with Gasteiger partial charge in [0.25, 0.3) is 0 Å². The summed E-state index contributed by atoms with van der Waals surface area (Å²) in [7, 11) is 0. The number of carbonyl (C=O) groups is 1. The number of carbonyl (C=O) groups excluding carboxylic acids is 1. The molecular formula is C17H24N2O. The number of likely N-dealkylation sites (tertiary alicyclic amines) is 1. The van der Waals surface area contributed by atoms with Crippen molar-refractivity contribution in [1.82, 2.24) is 4.90 Å². The molecule has 0 bridgehead atoms. The third-order valence-corrected chi connectivity index (χ3v) is 5.38. The van der Waals surface area contributed by atoms with Gasteiger partial charge in [0.1, 0.15) is 0 Å². The van der Waals surface area contributed by atoms with Gasteiger partial charge in [-0.3, -0.25) is 4.79 Å². The molecule has 1 aromatic rings. The second kappa shape index (κ2) is 5.12. The number of anilines is 1. The summed E-state index contributed by atoms with van der Waals surface area (Å²) in [6.07, 6.45) is 3.51. The van der Waals surface area contributed by atoms with Crippen molar-refractivity contribution in [2.45, 2.75) is 39.0 Å². The maximum absolute atomic E-state index is 12.8. The molecule has 0 radical (unpaired) electrons. The number of nitrogens with one attached hydrogen (secondary N) is 1. The molecule has 2 aliphatic heterocycles. The van der Waals surface area contributed by atoms with Gasteiger partial charge in [0, 0.05) is 25.3 Å². The Hall–Kier alpha value is -1.51. The van der Waals surface area contributed by atoms with Crippen molar-refractivity contribution in [3.8, 4) is 0 Å². The molecular weight excluding hydrogens is 248 g/mol. The molecule has 2 aliphatic rings. The molecule has 0 spiro atoms. The smallest absolute Gasteiger partial charge is 0.232 e. The summed E-state index contributed by atoms with van der Waals surface area (Å²) in [6, 6.07) is 8.20. The first kappa shape index (κ1) is 13.5. The van der Waals surface area contributed by atoms with E-state index in [0.29, 0.717) is 11.3 Å². The summed E-state index contributed by atoms with van der Waals surface area (Å²) >= 11 is 0. The topological polar surface area (TPSA) is 32.3 Å². The van der Waals surface area contributed by atoms with Crippen LogP contribution < -0.4 is 5.32 Å². The Labute approximate surface area is 121 Å². The standard InChI is InChI=1S/C17H24N2O/c1-3-17(4-2)9-10-19(12-17)16(20)14-11-18-15-8-6-5-7-13(14)15/h5-8,14,18H,3-4,9-12H2,1-2H3. The minimum atomic E-state index is 0.00992. The highest BCUT2D eigenvalue weighted by Crippen LogP contribution is 2.39. The van der Waals surface area contributed by atoms with Crippen LogP contribution in [0.3, 0.4) is 0 Å². The quantitative estimate of drug-likeness (QED) is 0.916. The van der Waals surface area contributed by atoms with Crippen LogP contribution >= 0.6 is 0 Å². The van der Waals surface area contributed by atoms with Crippen LogP contribution in [0, 0.1) is 5.41 Å². The van der Waals surface area contributed by atoms with Gasteiger partial charge in [-0.15, -0.1) is 0 Å². The number of amides is 1. The first-order chi connectivity index (χ1) is 9.69. The van der Waals surface area contributed by atoms with E-state index in [-0.39, 0.29) is 5.92 Å². The van der Waals surface area contributed by atoms with Gasteiger partial charge in [0.05, 0.1) is 5.92 Å². The van der Waals surface area contributed by atoms with E-state index in [0.717, 1.165) is 31.7 Å². The zero-order valence-corrected chi connectivity index (χ0v) is 12.5. The number of nitrogens with zero attached hydrogens (tertiary/aromatic N) is 1. The molecule has 0 aliphatic carbocycles.